The van der Waals surface area contributed by atoms with Gasteiger partial charge in [-0.2, -0.15) is 23.5 Å². The van der Waals surface area contributed by atoms with Crippen molar-refractivity contribution in [2.75, 3.05) is 30.0 Å². The van der Waals surface area contributed by atoms with Crippen LogP contribution < -0.4 is 11.1 Å². The van der Waals surface area contributed by atoms with Gasteiger partial charge in [-0.1, -0.05) is 0 Å². The highest BCUT2D eigenvalue weighted by Crippen LogP contribution is 2.27. The first-order chi connectivity index (χ1) is 8.29. The van der Waals surface area contributed by atoms with Crippen molar-refractivity contribution in [2.24, 2.45) is 0 Å². The number of nitrogens with two attached hydrogens (primary N) is 1. The van der Waals surface area contributed by atoms with E-state index < -0.39 is 0 Å². The quantitative estimate of drug-likeness (QED) is 0.870. The van der Waals surface area contributed by atoms with Crippen LogP contribution in [0.2, 0.25) is 0 Å². The molecule has 1 aromatic heterocycles. The van der Waals surface area contributed by atoms with Crippen LogP contribution in [0.25, 0.3) is 0 Å². The van der Waals surface area contributed by atoms with Crippen molar-refractivity contribution in [3.8, 4) is 0 Å². The molecule has 2 atom stereocenters. The molecule has 2 rings (SSSR count). The molecule has 0 amide bonds. The zero-order valence-electron chi connectivity index (χ0n) is 10.1. The average molecular weight is 269 g/mol. The lowest BCUT2D eigenvalue weighted by Gasteiger charge is -2.29. The molecule has 2 heterocycles. The lowest BCUT2D eigenvalue weighted by molar-refractivity contribution is 0.557. The van der Waals surface area contributed by atoms with Gasteiger partial charge in [0.2, 0.25) is 0 Å². The Morgan fingerprint density at radius 1 is 1.59 bits per heavy atom. The molecule has 0 spiro atoms. The van der Waals surface area contributed by atoms with Gasteiger partial charge in [0.1, 0.15) is 5.82 Å². The van der Waals surface area contributed by atoms with E-state index >= 15 is 0 Å². The highest BCUT2D eigenvalue weighted by molar-refractivity contribution is 8.06. The summed E-state index contributed by atoms with van der Waals surface area (Å²) in [5.74, 6) is 4.42. The third-order valence-electron chi connectivity index (χ3n) is 2.96. The molecule has 0 saturated carbocycles. The standard InChI is InChI=1S/C12H19N3S2/c1-14-10(11-8-16-4-5-17-11)6-9-2-3-15-12(13)7-9/h2-3,7,10-11,14H,4-6,8H2,1H3,(H2,13,15). The minimum atomic E-state index is 0.523. The number of nitrogens with zero attached hydrogens (tertiary/aromatic N) is 1. The Balaban J connectivity index is 1.98. The lowest BCUT2D eigenvalue weighted by atomic mass is 10.0. The van der Waals surface area contributed by atoms with Crippen LogP contribution in [-0.2, 0) is 6.42 Å². The van der Waals surface area contributed by atoms with Gasteiger partial charge in [-0.3, -0.25) is 0 Å². The van der Waals surface area contributed by atoms with Gasteiger partial charge in [0.15, 0.2) is 0 Å². The van der Waals surface area contributed by atoms with E-state index in [1.165, 1.54) is 22.8 Å². The molecule has 94 valence electrons. The van der Waals surface area contributed by atoms with E-state index in [0.717, 1.165) is 6.42 Å². The van der Waals surface area contributed by atoms with Crippen LogP contribution in [0.4, 0.5) is 5.82 Å². The van der Waals surface area contributed by atoms with Crippen molar-refractivity contribution < 1.29 is 0 Å². The molecule has 0 aliphatic carbocycles. The number of likely N-dealkylation sites (N-methyl/N-ethyl adjacent to an activating group) is 1. The molecule has 0 aromatic carbocycles. The van der Waals surface area contributed by atoms with E-state index in [0.29, 0.717) is 17.1 Å². The first-order valence-corrected chi connectivity index (χ1v) is 8.07. The highest BCUT2D eigenvalue weighted by Gasteiger charge is 2.23. The smallest absolute Gasteiger partial charge is 0.123 e. The van der Waals surface area contributed by atoms with E-state index in [4.69, 9.17) is 5.73 Å². The molecule has 1 aliphatic rings. The summed E-state index contributed by atoms with van der Waals surface area (Å²) in [5.41, 5.74) is 6.98. The average Bonchev–Trinajstić information content (AvgIpc) is 2.37. The zero-order chi connectivity index (χ0) is 12.1. The van der Waals surface area contributed by atoms with E-state index in [2.05, 4.69) is 46.9 Å². The lowest BCUT2D eigenvalue weighted by Crippen LogP contribution is -2.40. The second kappa shape index (κ2) is 6.52. The molecule has 3 nitrogen and oxygen atoms in total. The van der Waals surface area contributed by atoms with Gasteiger partial charge in [0.05, 0.1) is 0 Å². The predicted molar refractivity (Wildman–Crippen MR) is 78.8 cm³/mol. The van der Waals surface area contributed by atoms with Gasteiger partial charge in [0.25, 0.3) is 0 Å². The van der Waals surface area contributed by atoms with Crippen LogP contribution in [0.5, 0.6) is 0 Å². The zero-order valence-corrected chi connectivity index (χ0v) is 11.7. The third-order valence-corrected chi connectivity index (χ3v) is 5.88. The van der Waals surface area contributed by atoms with E-state index in [9.17, 15) is 0 Å². The van der Waals surface area contributed by atoms with Crippen LogP contribution in [0.15, 0.2) is 18.3 Å². The number of anilines is 1. The van der Waals surface area contributed by atoms with Crippen molar-refractivity contribution in [3.05, 3.63) is 23.9 Å². The normalized spacial score (nSPS) is 22.3. The van der Waals surface area contributed by atoms with Gasteiger partial charge < -0.3 is 11.1 Å². The molecule has 2 unspecified atom stereocenters. The Hall–Kier alpha value is -0.390. The summed E-state index contributed by atoms with van der Waals surface area (Å²) in [4.78, 5) is 4.03. The number of thioether (sulfide) groups is 2. The van der Waals surface area contributed by atoms with Gasteiger partial charge in [0, 0.05) is 34.7 Å². The van der Waals surface area contributed by atoms with Crippen LogP contribution in [0, 0.1) is 0 Å². The third kappa shape index (κ3) is 3.79. The Morgan fingerprint density at radius 2 is 2.47 bits per heavy atom. The minimum Gasteiger partial charge on any atom is -0.384 e. The molecule has 0 bridgehead atoms. The van der Waals surface area contributed by atoms with E-state index in [1.807, 2.05) is 6.07 Å². The molecule has 1 aliphatic heterocycles. The molecule has 5 heteroatoms. The van der Waals surface area contributed by atoms with Crippen LogP contribution in [0.1, 0.15) is 5.56 Å². The van der Waals surface area contributed by atoms with Gasteiger partial charge in [-0.25, -0.2) is 4.98 Å². The molecule has 1 fully saturated rings. The minimum absolute atomic E-state index is 0.523. The van der Waals surface area contributed by atoms with E-state index in [-0.39, 0.29) is 0 Å². The Morgan fingerprint density at radius 3 is 3.12 bits per heavy atom. The fourth-order valence-electron chi connectivity index (χ4n) is 2.03. The Kier molecular flexibility index (Phi) is 5.00. The van der Waals surface area contributed by atoms with E-state index in [1.54, 1.807) is 6.20 Å². The van der Waals surface area contributed by atoms with Gasteiger partial charge in [-0.05, 0) is 31.2 Å². The molecule has 17 heavy (non-hydrogen) atoms. The first-order valence-electron chi connectivity index (χ1n) is 5.86. The second-order valence-electron chi connectivity index (χ2n) is 4.17. The summed E-state index contributed by atoms with van der Waals surface area (Å²) >= 11 is 4.15. The summed E-state index contributed by atoms with van der Waals surface area (Å²) in [7, 11) is 2.05. The Labute approximate surface area is 111 Å². The maximum Gasteiger partial charge on any atom is 0.123 e. The van der Waals surface area contributed by atoms with Crippen molar-refractivity contribution >= 4 is 29.3 Å². The monoisotopic (exact) mass is 269 g/mol. The summed E-state index contributed by atoms with van der Waals surface area (Å²) in [5, 5.41) is 4.15. The van der Waals surface area contributed by atoms with Crippen LogP contribution >= 0.6 is 23.5 Å². The number of nitrogens with one attached hydrogen (secondary N) is 1. The van der Waals surface area contributed by atoms with Crippen molar-refractivity contribution in [3.63, 3.8) is 0 Å². The summed E-state index contributed by atoms with van der Waals surface area (Å²) < 4.78 is 0. The maximum atomic E-state index is 5.71. The van der Waals surface area contributed by atoms with Crippen molar-refractivity contribution in [1.29, 1.82) is 0 Å². The molecule has 1 aromatic rings. The molecule has 1 saturated heterocycles. The molecule has 0 radical (unpaired) electrons. The van der Waals surface area contributed by atoms with Gasteiger partial charge >= 0.3 is 0 Å². The molecular formula is C12H19N3S2. The van der Waals surface area contributed by atoms with Gasteiger partial charge in [-0.15, -0.1) is 0 Å². The highest BCUT2D eigenvalue weighted by atomic mass is 32.2. The topological polar surface area (TPSA) is 50.9 Å². The number of hydrogen-bond acceptors (Lipinski definition) is 5. The Bertz CT molecular complexity index is 353. The fourth-order valence-corrected chi connectivity index (χ4v) is 4.96. The maximum absolute atomic E-state index is 5.71. The fraction of sp³-hybridized carbons (Fsp3) is 0.583. The number of pyridine rings is 1. The number of rotatable bonds is 4. The number of nitrogen functional groups attached to an aromatic ring is 1. The summed E-state index contributed by atoms with van der Waals surface area (Å²) in [6, 6.07) is 4.56. The molecule has 3 N–H and O–H groups in total. The summed E-state index contributed by atoms with van der Waals surface area (Å²) in [6.07, 6.45) is 2.82. The number of hydrogen-bond donors (Lipinski definition) is 2. The number of aromatic nitrogens is 1. The largest absolute Gasteiger partial charge is 0.384 e. The molecular weight excluding hydrogens is 250 g/mol. The first kappa shape index (κ1) is 13.1. The van der Waals surface area contributed by atoms with Crippen LogP contribution in [0.3, 0.4) is 0 Å². The van der Waals surface area contributed by atoms with Crippen molar-refractivity contribution in [1.82, 2.24) is 10.3 Å². The second-order valence-corrected chi connectivity index (χ2v) is 6.67. The van der Waals surface area contributed by atoms with Crippen LogP contribution in [-0.4, -0.2) is 40.6 Å². The predicted octanol–water partition coefficient (Wildman–Crippen LogP) is 1.64. The van der Waals surface area contributed by atoms with Crippen molar-refractivity contribution in [2.45, 2.75) is 17.7 Å². The SMILES string of the molecule is CNC(Cc1ccnc(N)c1)C1CSCCS1. The summed E-state index contributed by atoms with van der Waals surface area (Å²) in [6.45, 7) is 0.